The zero-order valence-corrected chi connectivity index (χ0v) is 13.0. The number of nitrogens with zero attached hydrogens (tertiary/aromatic N) is 4. The summed E-state index contributed by atoms with van der Waals surface area (Å²) in [7, 11) is 4.86. The molecule has 3 heterocycles. The van der Waals surface area contributed by atoms with Gasteiger partial charge in [0.1, 0.15) is 5.60 Å². The lowest BCUT2D eigenvalue weighted by atomic mass is 9.93. The third kappa shape index (κ3) is 2.60. The number of rotatable bonds is 3. The van der Waals surface area contributed by atoms with E-state index in [1.807, 2.05) is 4.90 Å². The molecule has 0 radical (unpaired) electrons. The Morgan fingerprint density at radius 1 is 1.23 bits per heavy atom. The number of likely N-dealkylation sites (N-methyl/N-ethyl adjacent to an activating group) is 1. The molecule has 120 valence electrons. The van der Waals surface area contributed by atoms with Crippen LogP contribution < -0.4 is 14.4 Å². The van der Waals surface area contributed by atoms with E-state index >= 15 is 0 Å². The van der Waals surface area contributed by atoms with Crippen LogP contribution in [0.4, 0.5) is 10.7 Å². The predicted molar refractivity (Wildman–Crippen MR) is 78.4 cm³/mol. The molecule has 0 aliphatic carbocycles. The van der Waals surface area contributed by atoms with Crippen LogP contribution in [-0.4, -0.2) is 67.5 Å². The van der Waals surface area contributed by atoms with Crippen molar-refractivity contribution in [2.45, 2.75) is 18.4 Å². The molecule has 0 bridgehead atoms. The van der Waals surface area contributed by atoms with Crippen molar-refractivity contribution in [3.63, 3.8) is 0 Å². The maximum absolute atomic E-state index is 11.7. The van der Waals surface area contributed by atoms with Crippen molar-refractivity contribution in [3.8, 4) is 11.8 Å². The quantitative estimate of drug-likeness (QED) is 0.821. The summed E-state index contributed by atoms with van der Waals surface area (Å²) in [5.74, 6) is 1.42. The average molecular weight is 308 g/mol. The number of ether oxygens (including phenoxy) is 3. The SMILES string of the molecule is COc1cc(OC)nc(N2CCC[C@@]3(CN(C)C(=O)O3)C2)n1. The summed E-state index contributed by atoms with van der Waals surface area (Å²) in [5, 5.41) is 0. The van der Waals surface area contributed by atoms with E-state index in [1.165, 1.54) is 0 Å². The molecule has 2 fully saturated rings. The lowest BCUT2D eigenvalue weighted by Crippen LogP contribution is -2.51. The lowest BCUT2D eigenvalue weighted by Gasteiger charge is -2.38. The topological polar surface area (TPSA) is 77.0 Å². The Balaban J connectivity index is 1.84. The molecular weight excluding hydrogens is 288 g/mol. The summed E-state index contributed by atoms with van der Waals surface area (Å²) in [6.45, 7) is 1.96. The van der Waals surface area contributed by atoms with Gasteiger partial charge < -0.3 is 24.0 Å². The number of aromatic nitrogens is 2. The van der Waals surface area contributed by atoms with Crippen molar-refractivity contribution in [3.05, 3.63) is 6.07 Å². The molecular formula is C14H20N4O4. The smallest absolute Gasteiger partial charge is 0.410 e. The zero-order valence-electron chi connectivity index (χ0n) is 13.0. The number of piperidine rings is 1. The summed E-state index contributed by atoms with van der Waals surface area (Å²) in [5.41, 5.74) is -0.482. The van der Waals surface area contributed by atoms with Crippen molar-refractivity contribution in [2.24, 2.45) is 0 Å². The van der Waals surface area contributed by atoms with Crippen LogP contribution in [0.5, 0.6) is 11.8 Å². The van der Waals surface area contributed by atoms with Gasteiger partial charge in [-0.3, -0.25) is 0 Å². The fourth-order valence-corrected chi connectivity index (χ4v) is 3.02. The second kappa shape index (κ2) is 5.51. The number of methoxy groups -OCH3 is 2. The van der Waals surface area contributed by atoms with E-state index in [0.717, 1.165) is 19.4 Å². The second-order valence-corrected chi connectivity index (χ2v) is 5.68. The monoisotopic (exact) mass is 308 g/mol. The van der Waals surface area contributed by atoms with E-state index in [4.69, 9.17) is 14.2 Å². The van der Waals surface area contributed by atoms with Crippen LogP contribution in [0.3, 0.4) is 0 Å². The van der Waals surface area contributed by atoms with Gasteiger partial charge in [0.15, 0.2) is 0 Å². The van der Waals surface area contributed by atoms with Gasteiger partial charge in [0, 0.05) is 13.6 Å². The highest BCUT2D eigenvalue weighted by Crippen LogP contribution is 2.33. The van der Waals surface area contributed by atoms with Crippen molar-refractivity contribution >= 4 is 12.0 Å². The first-order chi connectivity index (χ1) is 10.5. The van der Waals surface area contributed by atoms with Crippen molar-refractivity contribution in [2.75, 3.05) is 45.8 Å². The first-order valence-electron chi connectivity index (χ1n) is 7.21. The molecule has 1 aromatic heterocycles. The molecule has 0 saturated carbocycles. The van der Waals surface area contributed by atoms with E-state index in [-0.39, 0.29) is 6.09 Å². The van der Waals surface area contributed by atoms with Crippen LogP contribution in [0.2, 0.25) is 0 Å². The standard InChI is InChI=1S/C14H20N4O4/c1-17-8-14(22-13(17)19)5-4-6-18(9-14)12-15-10(20-2)7-11(16-12)21-3/h7H,4-6,8-9H2,1-3H3/t14-/m1/s1. The van der Waals surface area contributed by atoms with Crippen LogP contribution in [0.1, 0.15) is 12.8 Å². The summed E-state index contributed by atoms with van der Waals surface area (Å²) in [6, 6.07) is 1.63. The third-order valence-corrected chi connectivity index (χ3v) is 4.05. The maximum atomic E-state index is 11.7. The average Bonchev–Trinajstić information content (AvgIpc) is 2.80. The highest BCUT2D eigenvalue weighted by Gasteiger charge is 2.47. The number of hydrogen-bond acceptors (Lipinski definition) is 7. The highest BCUT2D eigenvalue weighted by atomic mass is 16.6. The molecule has 0 N–H and O–H groups in total. The van der Waals surface area contributed by atoms with Gasteiger partial charge in [-0.2, -0.15) is 9.97 Å². The number of carbonyl (C=O) groups is 1. The number of carbonyl (C=O) groups excluding carboxylic acids is 1. The van der Waals surface area contributed by atoms with E-state index in [2.05, 4.69) is 9.97 Å². The van der Waals surface area contributed by atoms with Gasteiger partial charge in [-0.15, -0.1) is 0 Å². The highest BCUT2D eigenvalue weighted by molar-refractivity contribution is 5.70. The summed E-state index contributed by atoms with van der Waals surface area (Å²) in [4.78, 5) is 24.1. The molecule has 8 heteroatoms. The van der Waals surface area contributed by atoms with Gasteiger partial charge in [0.25, 0.3) is 0 Å². The van der Waals surface area contributed by atoms with E-state index in [1.54, 1.807) is 32.2 Å². The molecule has 3 rings (SSSR count). The fourth-order valence-electron chi connectivity index (χ4n) is 3.02. The number of hydrogen-bond donors (Lipinski definition) is 0. The largest absolute Gasteiger partial charge is 0.481 e. The Kier molecular flexibility index (Phi) is 3.67. The van der Waals surface area contributed by atoms with Crippen molar-refractivity contribution in [1.29, 1.82) is 0 Å². The van der Waals surface area contributed by atoms with Crippen molar-refractivity contribution in [1.82, 2.24) is 14.9 Å². The van der Waals surface area contributed by atoms with Gasteiger partial charge in [0.05, 0.1) is 33.4 Å². The summed E-state index contributed by atoms with van der Waals surface area (Å²) >= 11 is 0. The minimum atomic E-state index is -0.482. The Morgan fingerprint density at radius 3 is 2.45 bits per heavy atom. The van der Waals surface area contributed by atoms with Crippen LogP contribution in [0.15, 0.2) is 6.07 Å². The number of amides is 1. The van der Waals surface area contributed by atoms with E-state index < -0.39 is 5.60 Å². The van der Waals surface area contributed by atoms with E-state index in [9.17, 15) is 4.79 Å². The molecule has 0 unspecified atom stereocenters. The predicted octanol–water partition coefficient (Wildman–Crippen LogP) is 0.915. The third-order valence-electron chi connectivity index (χ3n) is 4.05. The molecule has 1 spiro atoms. The first-order valence-corrected chi connectivity index (χ1v) is 7.21. The molecule has 22 heavy (non-hydrogen) atoms. The van der Waals surface area contributed by atoms with Crippen LogP contribution in [-0.2, 0) is 4.74 Å². The van der Waals surface area contributed by atoms with Crippen LogP contribution in [0.25, 0.3) is 0 Å². The van der Waals surface area contributed by atoms with E-state index in [0.29, 0.717) is 30.8 Å². The van der Waals surface area contributed by atoms with Gasteiger partial charge in [-0.05, 0) is 12.8 Å². The Labute approximate surface area is 129 Å². The maximum Gasteiger partial charge on any atom is 0.410 e. The van der Waals surface area contributed by atoms with Gasteiger partial charge in [-0.1, -0.05) is 0 Å². The minimum absolute atomic E-state index is 0.272. The molecule has 2 saturated heterocycles. The lowest BCUT2D eigenvalue weighted by molar-refractivity contribution is 0.0442. The summed E-state index contributed by atoms with van der Waals surface area (Å²) < 4.78 is 16.0. The molecule has 0 aromatic carbocycles. The molecule has 8 nitrogen and oxygen atoms in total. The Morgan fingerprint density at radius 2 is 1.91 bits per heavy atom. The molecule has 1 atom stereocenters. The zero-order chi connectivity index (χ0) is 15.7. The number of anilines is 1. The van der Waals surface area contributed by atoms with Gasteiger partial charge in [0.2, 0.25) is 17.7 Å². The van der Waals surface area contributed by atoms with Crippen molar-refractivity contribution < 1.29 is 19.0 Å². The first kappa shape index (κ1) is 14.7. The fraction of sp³-hybridized carbons (Fsp3) is 0.643. The summed E-state index contributed by atoms with van der Waals surface area (Å²) in [6.07, 6.45) is 1.48. The molecule has 1 aromatic rings. The van der Waals surface area contributed by atoms with Crippen LogP contribution in [0, 0.1) is 0 Å². The van der Waals surface area contributed by atoms with Gasteiger partial charge >= 0.3 is 6.09 Å². The van der Waals surface area contributed by atoms with Gasteiger partial charge in [-0.25, -0.2) is 4.79 Å². The second-order valence-electron chi connectivity index (χ2n) is 5.68. The minimum Gasteiger partial charge on any atom is -0.481 e. The Hall–Kier alpha value is -2.25. The molecule has 1 amide bonds. The molecule has 2 aliphatic heterocycles. The molecule has 2 aliphatic rings. The van der Waals surface area contributed by atoms with Crippen LogP contribution >= 0.6 is 0 Å². The normalized spacial score (nSPS) is 24.6. The Bertz CT molecular complexity index is 560.